The molecule has 0 aliphatic carbocycles. The minimum atomic E-state index is -0.498. The van der Waals surface area contributed by atoms with Gasteiger partial charge in [-0.05, 0) is 43.7 Å². The summed E-state index contributed by atoms with van der Waals surface area (Å²) in [7, 11) is 0. The lowest BCUT2D eigenvalue weighted by molar-refractivity contribution is -0.119. The Morgan fingerprint density at radius 1 is 1.47 bits per heavy atom. The first-order valence-electron chi connectivity index (χ1n) is 5.85. The molecule has 0 aliphatic rings. The second-order valence-corrected chi connectivity index (χ2v) is 4.35. The zero-order chi connectivity index (χ0) is 14.0. The van der Waals surface area contributed by atoms with Crippen LogP contribution in [0.2, 0.25) is 0 Å². The standard InChI is InChI=1S/C13H15FN4O/c1-8-7-10(14)3-4-11(8)16-13(19)9(2)18-6-5-12(15)17-18/h3-7,9H,1-2H3,(H2,15,17)(H,16,19). The number of amides is 1. The third kappa shape index (κ3) is 2.90. The average molecular weight is 262 g/mol. The van der Waals surface area contributed by atoms with E-state index in [2.05, 4.69) is 10.4 Å². The molecule has 1 aromatic heterocycles. The van der Waals surface area contributed by atoms with E-state index < -0.39 is 6.04 Å². The lowest BCUT2D eigenvalue weighted by Gasteiger charge is -2.14. The SMILES string of the molecule is Cc1cc(F)ccc1NC(=O)C(C)n1ccc(N)n1. The molecule has 19 heavy (non-hydrogen) atoms. The number of nitrogens with one attached hydrogen (secondary N) is 1. The van der Waals surface area contributed by atoms with Gasteiger partial charge in [0.1, 0.15) is 17.7 Å². The normalized spacial score (nSPS) is 12.2. The molecule has 1 aromatic carbocycles. The highest BCUT2D eigenvalue weighted by Gasteiger charge is 2.16. The summed E-state index contributed by atoms with van der Waals surface area (Å²) in [6.45, 7) is 3.44. The molecule has 0 radical (unpaired) electrons. The Labute approximate surface area is 110 Å². The maximum absolute atomic E-state index is 13.0. The van der Waals surface area contributed by atoms with Crippen LogP contribution in [-0.4, -0.2) is 15.7 Å². The Morgan fingerprint density at radius 2 is 2.21 bits per heavy atom. The van der Waals surface area contributed by atoms with Crippen LogP contribution in [-0.2, 0) is 4.79 Å². The van der Waals surface area contributed by atoms with Crippen molar-refractivity contribution in [1.29, 1.82) is 0 Å². The molecule has 2 rings (SSSR count). The number of carbonyl (C=O) groups excluding carboxylic acids is 1. The summed E-state index contributed by atoms with van der Waals surface area (Å²) >= 11 is 0. The zero-order valence-electron chi connectivity index (χ0n) is 10.7. The Morgan fingerprint density at radius 3 is 2.79 bits per heavy atom. The van der Waals surface area contributed by atoms with Crippen molar-refractivity contribution in [3.8, 4) is 0 Å². The van der Waals surface area contributed by atoms with E-state index >= 15 is 0 Å². The summed E-state index contributed by atoms with van der Waals surface area (Å²) in [6.07, 6.45) is 1.64. The number of halogens is 1. The van der Waals surface area contributed by atoms with Crippen LogP contribution in [0.1, 0.15) is 18.5 Å². The monoisotopic (exact) mass is 262 g/mol. The maximum atomic E-state index is 13.0. The molecule has 0 spiro atoms. The molecule has 1 amide bonds. The largest absolute Gasteiger partial charge is 0.382 e. The number of carbonyl (C=O) groups is 1. The van der Waals surface area contributed by atoms with E-state index in [1.807, 2.05) is 0 Å². The summed E-state index contributed by atoms with van der Waals surface area (Å²) in [4.78, 5) is 12.1. The molecular weight excluding hydrogens is 247 g/mol. The lowest BCUT2D eigenvalue weighted by atomic mass is 10.2. The van der Waals surface area contributed by atoms with E-state index in [9.17, 15) is 9.18 Å². The van der Waals surface area contributed by atoms with Gasteiger partial charge in [-0.2, -0.15) is 5.10 Å². The smallest absolute Gasteiger partial charge is 0.248 e. The van der Waals surface area contributed by atoms with Crippen LogP contribution >= 0.6 is 0 Å². The number of aromatic nitrogens is 2. The average Bonchev–Trinajstić information content (AvgIpc) is 2.78. The minimum Gasteiger partial charge on any atom is -0.382 e. The van der Waals surface area contributed by atoms with Gasteiger partial charge in [-0.25, -0.2) is 4.39 Å². The van der Waals surface area contributed by atoms with Crippen LogP contribution in [0.4, 0.5) is 15.9 Å². The molecule has 0 saturated heterocycles. The second kappa shape index (κ2) is 5.09. The van der Waals surface area contributed by atoms with E-state index in [0.29, 0.717) is 17.1 Å². The first-order chi connectivity index (χ1) is 8.97. The van der Waals surface area contributed by atoms with E-state index in [-0.39, 0.29) is 11.7 Å². The number of hydrogen-bond acceptors (Lipinski definition) is 3. The highest BCUT2D eigenvalue weighted by atomic mass is 19.1. The molecule has 2 aromatic rings. The zero-order valence-corrected chi connectivity index (χ0v) is 10.7. The van der Waals surface area contributed by atoms with E-state index in [1.165, 1.54) is 22.9 Å². The van der Waals surface area contributed by atoms with E-state index in [1.54, 1.807) is 26.1 Å². The van der Waals surface area contributed by atoms with Crippen molar-refractivity contribution in [3.63, 3.8) is 0 Å². The molecular formula is C13H15FN4O. The summed E-state index contributed by atoms with van der Waals surface area (Å²) in [5, 5.41) is 6.72. The van der Waals surface area contributed by atoms with Crippen molar-refractivity contribution in [3.05, 3.63) is 41.8 Å². The van der Waals surface area contributed by atoms with Gasteiger partial charge in [-0.3, -0.25) is 9.48 Å². The Bertz CT molecular complexity index is 608. The fourth-order valence-corrected chi connectivity index (χ4v) is 1.69. The summed E-state index contributed by atoms with van der Waals surface area (Å²) in [5.74, 6) is -0.209. The lowest BCUT2D eigenvalue weighted by Crippen LogP contribution is -2.24. The Balaban J connectivity index is 2.12. The van der Waals surface area contributed by atoms with Gasteiger partial charge in [0.25, 0.3) is 0 Å². The van der Waals surface area contributed by atoms with Gasteiger partial charge in [0.15, 0.2) is 0 Å². The highest BCUT2D eigenvalue weighted by Crippen LogP contribution is 2.17. The molecule has 0 bridgehead atoms. The summed E-state index contributed by atoms with van der Waals surface area (Å²) < 4.78 is 14.4. The quantitative estimate of drug-likeness (QED) is 0.889. The summed E-state index contributed by atoms with van der Waals surface area (Å²) in [5.41, 5.74) is 6.75. The van der Waals surface area contributed by atoms with Gasteiger partial charge >= 0.3 is 0 Å². The number of rotatable bonds is 3. The number of hydrogen-bond donors (Lipinski definition) is 2. The van der Waals surface area contributed by atoms with Crippen LogP contribution in [0.5, 0.6) is 0 Å². The molecule has 100 valence electrons. The molecule has 1 atom stereocenters. The number of aryl methyl sites for hydroxylation is 1. The molecule has 1 unspecified atom stereocenters. The van der Waals surface area contributed by atoms with Crippen molar-refractivity contribution in [2.24, 2.45) is 0 Å². The van der Waals surface area contributed by atoms with Crippen LogP contribution in [0.3, 0.4) is 0 Å². The van der Waals surface area contributed by atoms with E-state index in [0.717, 1.165) is 0 Å². The van der Waals surface area contributed by atoms with Crippen molar-refractivity contribution < 1.29 is 9.18 Å². The van der Waals surface area contributed by atoms with E-state index in [4.69, 9.17) is 5.73 Å². The molecule has 1 heterocycles. The van der Waals surface area contributed by atoms with Gasteiger partial charge in [0.05, 0.1) is 0 Å². The molecule has 0 aliphatic heterocycles. The topological polar surface area (TPSA) is 72.9 Å². The third-order valence-corrected chi connectivity index (χ3v) is 2.85. The Kier molecular flexibility index (Phi) is 3.50. The second-order valence-electron chi connectivity index (χ2n) is 4.35. The predicted octanol–water partition coefficient (Wildman–Crippen LogP) is 2.11. The maximum Gasteiger partial charge on any atom is 0.248 e. The van der Waals surface area contributed by atoms with Crippen LogP contribution in [0, 0.1) is 12.7 Å². The fraction of sp³-hybridized carbons (Fsp3) is 0.231. The molecule has 0 saturated carbocycles. The van der Waals surface area contributed by atoms with Crippen molar-refractivity contribution in [1.82, 2.24) is 9.78 Å². The summed E-state index contributed by atoms with van der Waals surface area (Å²) in [6, 6.07) is 5.33. The molecule has 3 N–H and O–H groups in total. The number of anilines is 2. The Hall–Kier alpha value is -2.37. The molecule has 5 nitrogen and oxygen atoms in total. The number of nitrogen functional groups attached to an aromatic ring is 1. The van der Waals surface area contributed by atoms with Crippen LogP contribution in [0.25, 0.3) is 0 Å². The van der Waals surface area contributed by atoms with Gasteiger partial charge in [0, 0.05) is 11.9 Å². The van der Waals surface area contributed by atoms with Crippen molar-refractivity contribution in [2.75, 3.05) is 11.1 Å². The van der Waals surface area contributed by atoms with Gasteiger partial charge in [0.2, 0.25) is 5.91 Å². The first-order valence-corrected chi connectivity index (χ1v) is 5.85. The van der Waals surface area contributed by atoms with Gasteiger partial charge < -0.3 is 11.1 Å². The highest BCUT2D eigenvalue weighted by molar-refractivity contribution is 5.94. The first kappa shape index (κ1) is 13.1. The van der Waals surface area contributed by atoms with Crippen molar-refractivity contribution >= 4 is 17.4 Å². The third-order valence-electron chi connectivity index (χ3n) is 2.85. The fourth-order valence-electron chi connectivity index (χ4n) is 1.69. The van der Waals surface area contributed by atoms with Gasteiger partial charge in [-0.15, -0.1) is 0 Å². The predicted molar refractivity (Wildman–Crippen MR) is 71.1 cm³/mol. The van der Waals surface area contributed by atoms with Crippen LogP contribution < -0.4 is 11.1 Å². The molecule has 0 fully saturated rings. The van der Waals surface area contributed by atoms with Gasteiger partial charge in [-0.1, -0.05) is 0 Å². The minimum absolute atomic E-state index is 0.238. The van der Waals surface area contributed by atoms with Crippen molar-refractivity contribution in [2.45, 2.75) is 19.9 Å². The number of nitrogens with zero attached hydrogens (tertiary/aromatic N) is 2. The number of benzene rings is 1. The number of nitrogens with two attached hydrogens (primary N) is 1. The van der Waals surface area contributed by atoms with Crippen LogP contribution in [0.15, 0.2) is 30.5 Å². The molecule has 6 heteroatoms.